The van der Waals surface area contributed by atoms with Gasteiger partial charge in [0.15, 0.2) is 0 Å². The molecule has 0 aromatic heterocycles. The molecule has 76 valence electrons. The van der Waals surface area contributed by atoms with E-state index < -0.39 is 6.17 Å². The molecular weight excluding hydrogens is 165 g/mol. The first-order chi connectivity index (χ1) is 6.20. The van der Waals surface area contributed by atoms with Gasteiger partial charge in [0.25, 0.3) is 0 Å². The molecule has 3 atom stereocenters. The summed E-state index contributed by atoms with van der Waals surface area (Å²) >= 11 is 0. The minimum Gasteiger partial charge on any atom is -0.295 e. The first-order valence-electron chi connectivity index (χ1n) is 5.57. The van der Waals surface area contributed by atoms with E-state index >= 15 is 0 Å². The van der Waals surface area contributed by atoms with E-state index in [9.17, 15) is 4.39 Å². The summed E-state index contributed by atoms with van der Waals surface area (Å²) in [4.78, 5) is 2.34. The van der Waals surface area contributed by atoms with Crippen molar-refractivity contribution in [3.8, 4) is 0 Å². The molecule has 1 unspecified atom stereocenters. The van der Waals surface area contributed by atoms with Crippen molar-refractivity contribution in [3.63, 3.8) is 0 Å². The number of piperidine rings is 1. The number of fused-ring (bicyclic) bond motifs is 2. The Kier molecular flexibility index (Phi) is 2.35. The molecule has 0 spiro atoms. The van der Waals surface area contributed by atoms with Crippen LogP contribution >= 0.6 is 0 Å². The van der Waals surface area contributed by atoms with Crippen LogP contribution in [0.4, 0.5) is 4.39 Å². The lowest BCUT2D eigenvalue weighted by atomic mass is 9.83. The monoisotopic (exact) mass is 185 g/mol. The summed E-state index contributed by atoms with van der Waals surface area (Å²) in [5.41, 5.74) is -0.0718. The van der Waals surface area contributed by atoms with Crippen LogP contribution in [0.25, 0.3) is 0 Å². The van der Waals surface area contributed by atoms with Crippen molar-refractivity contribution in [3.05, 3.63) is 0 Å². The fourth-order valence-corrected chi connectivity index (χ4v) is 3.36. The number of hydrogen-bond acceptors (Lipinski definition) is 1. The molecule has 1 nitrogen and oxygen atoms in total. The maximum Gasteiger partial charge on any atom is 0.118 e. The molecule has 0 N–H and O–H groups in total. The van der Waals surface area contributed by atoms with Crippen molar-refractivity contribution in [2.24, 2.45) is 0 Å². The zero-order chi connectivity index (χ0) is 9.47. The van der Waals surface area contributed by atoms with Crippen LogP contribution in [0.5, 0.6) is 0 Å². The largest absolute Gasteiger partial charge is 0.295 e. The molecule has 0 saturated carbocycles. The van der Waals surface area contributed by atoms with Gasteiger partial charge in [0.05, 0.1) is 5.54 Å². The van der Waals surface area contributed by atoms with Crippen LogP contribution in [-0.2, 0) is 0 Å². The van der Waals surface area contributed by atoms with Gasteiger partial charge in [0, 0.05) is 6.04 Å². The van der Waals surface area contributed by atoms with Crippen molar-refractivity contribution in [2.75, 3.05) is 7.05 Å². The van der Waals surface area contributed by atoms with Gasteiger partial charge in [-0.25, -0.2) is 4.39 Å². The first kappa shape index (κ1) is 9.45. The molecule has 2 heterocycles. The highest BCUT2D eigenvalue weighted by Gasteiger charge is 2.52. The average molecular weight is 185 g/mol. The first-order valence-corrected chi connectivity index (χ1v) is 5.57. The minimum atomic E-state index is -0.573. The van der Waals surface area contributed by atoms with Crippen molar-refractivity contribution in [1.29, 1.82) is 0 Å². The maximum atomic E-state index is 13.9. The lowest BCUT2D eigenvalue weighted by Crippen LogP contribution is -2.54. The van der Waals surface area contributed by atoms with Crippen molar-refractivity contribution < 1.29 is 4.39 Å². The Bertz CT molecular complexity index is 191. The van der Waals surface area contributed by atoms with E-state index in [-0.39, 0.29) is 5.54 Å². The smallest absolute Gasteiger partial charge is 0.118 e. The fraction of sp³-hybridized carbons (Fsp3) is 1.00. The Morgan fingerprint density at radius 1 is 1.38 bits per heavy atom. The van der Waals surface area contributed by atoms with Gasteiger partial charge in [-0.05, 0) is 39.2 Å². The molecule has 2 heteroatoms. The second kappa shape index (κ2) is 3.23. The molecule has 0 amide bonds. The molecule has 2 bridgehead atoms. The highest BCUT2D eigenvalue weighted by molar-refractivity contribution is 5.07. The van der Waals surface area contributed by atoms with Crippen LogP contribution in [0.1, 0.15) is 45.4 Å². The minimum absolute atomic E-state index is 0.0718. The zero-order valence-electron chi connectivity index (χ0n) is 8.72. The number of rotatable bonds is 2. The second-order valence-corrected chi connectivity index (χ2v) is 4.70. The quantitative estimate of drug-likeness (QED) is 0.639. The van der Waals surface area contributed by atoms with E-state index in [1.54, 1.807) is 0 Å². The second-order valence-electron chi connectivity index (χ2n) is 4.70. The summed E-state index contributed by atoms with van der Waals surface area (Å²) < 4.78 is 13.9. The third-order valence-corrected chi connectivity index (χ3v) is 4.18. The normalized spacial score (nSPS) is 45.5. The fourth-order valence-electron chi connectivity index (χ4n) is 3.36. The van der Waals surface area contributed by atoms with Crippen molar-refractivity contribution in [2.45, 2.75) is 63.2 Å². The van der Waals surface area contributed by atoms with E-state index in [1.807, 2.05) is 0 Å². The lowest BCUT2D eigenvalue weighted by molar-refractivity contribution is -0.00313. The maximum absolute atomic E-state index is 13.9. The van der Waals surface area contributed by atoms with Gasteiger partial charge in [0.2, 0.25) is 0 Å². The summed E-state index contributed by atoms with van der Waals surface area (Å²) in [6.07, 6.45) is 5.76. The molecule has 13 heavy (non-hydrogen) atoms. The Balaban J connectivity index is 2.20. The van der Waals surface area contributed by atoms with Crippen LogP contribution in [-0.4, -0.2) is 29.7 Å². The van der Waals surface area contributed by atoms with E-state index in [1.165, 1.54) is 6.42 Å². The van der Waals surface area contributed by atoms with Gasteiger partial charge in [0.1, 0.15) is 6.17 Å². The number of alkyl halides is 1. The molecule has 2 aliphatic rings. The zero-order valence-corrected chi connectivity index (χ0v) is 8.72. The molecular formula is C11H20FN. The Morgan fingerprint density at radius 2 is 2.15 bits per heavy atom. The van der Waals surface area contributed by atoms with E-state index in [2.05, 4.69) is 18.9 Å². The van der Waals surface area contributed by atoms with Crippen LogP contribution in [0.15, 0.2) is 0 Å². The number of halogens is 1. The van der Waals surface area contributed by atoms with Gasteiger partial charge < -0.3 is 0 Å². The predicted octanol–water partition coefficient (Wildman–Crippen LogP) is 2.75. The van der Waals surface area contributed by atoms with Gasteiger partial charge in [-0.1, -0.05) is 13.3 Å². The SMILES string of the molecule is CCC[C@@]12CC[C@@H](CCC1F)N2C. The predicted molar refractivity (Wildman–Crippen MR) is 52.6 cm³/mol. The lowest BCUT2D eigenvalue weighted by Gasteiger charge is -2.45. The van der Waals surface area contributed by atoms with Crippen LogP contribution < -0.4 is 0 Å². The number of nitrogens with zero attached hydrogens (tertiary/aromatic N) is 1. The Morgan fingerprint density at radius 3 is 2.85 bits per heavy atom. The Labute approximate surface area is 80.3 Å². The van der Waals surface area contributed by atoms with Gasteiger partial charge in [-0.3, -0.25) is 4.90 Å². The number of hydrogen-bond donors (Lipinski definition) is 0. The third kappa shape index (κ3) is 1.22. The summed E-state index contributed by atoms with van der Waals surface area (Å²) in [7, 11) is 2.12. The molecule has 2 aliphatic heterocycles. The van der Waals surface area contributed by atoms with Crippen LogP contribution in [0.2, 0.25) is 0 Å². The van der Waals surface area contributed by atoms with Crippen LogP contribution in [0.3, 0.4) is 0 Å². The molecule has 0 radical (unpaired) electrons. The summed E-state index contributed by atoms with van der Waals surface area (Å²) in [6, 6.07) is 0.679. The standard InChI is InChI=1S/C11H20FN/c1-3-7-11-8-6-9(13(11)2)4-5-10(11)12/h9-10H,3-8H2,1-2H3/t9-,10?,11-/m1/s1. The highest BCUT2D eigenvalue weighted by atomic mass is 19.1. The van der Waals surface area contributed by atoms with E-state index in [0.717, 1.165) is 32.1 Å². The van der Waals surface area contributed by atoms with Crippen molar-refractivity contribution >= 4 is 0 Å². The molecule has 0 aromatic rings. The van der Waals surface area contributed by atoms with Gasteiger partial charge in [-0.2, -0.15) is 0 Å². The molecule has 2 fully saturated rings. The molecule has 2 rings (SSSR count). The summed E-state index contributed by atoms with van der Waals surface area (Å²) in [6.45, 7) is 2.16. The van der Waals surface area contributed by atoms with E-state index in [4.69, 9.17) is 0 Å². The summed E-state index contributed by atoms with van der Waals surface area (Å²) in [5.74, 6) is 0. The molecule has 2 saturated heterocycles. The van der Waals surface area contributed by atoms with E-state index in [0.29, 0.717) is 6.04 Å². The Hall–Kier alpha value is -0.110. The topological polar surface area (TPSA) is 3.24 Å². The van der Waals surface area contributed by atoms with Crippen LogP contribution in [0, 0.1) is 0 Å². The average Bonchev–Trinajstić information content (AvgIpc) is 2.31. The molecule has 0 aromatic carbocycles. The third-order valence-electron chi connectivity index (χ3n) is 4.18. The summed E-state index contributed by atoms with van der Waals surface area (Å²) in [5, 5.41) is 0. The van der Waals surface area contributed by atoms with Gasteiger partial charge >= 0.3 is 0 Å². The highest BCUT2D eigenvalue weighted by Crippen LogP contribution is 2.46. The van der Waals surface area contributed by atoms with Gasteiger partial charge in [-0.15, -0.1) is 0 Å². The van der Waals surface area contributed by atoms with Crippen molar-refractivity contribution in [1.82, 2.24) is 4.90 Å². The molecule has 0 aliphatic carbocycles.